The first kappa shape index (κ1) is 17.9. The van der Waals surface area contributed by atoms with Crippen LogP contribution in [0.5, 0.6) is 0 Å². The Morgan fingerprint density at radius 3 is 2.76 bits per heavy atom. The van der Waals surface area contributed by atoms with Gasteiger partial charge < -0.3 is 10.2 Å². The molecule has 1 saturated heterocycles. The maximum atomic E-state index is 12.2. The topological polar surface area (TPSA) is 78.8 Å². The predicted molar refractivity (Wildman–Crippen MR) is 96.9 cm³/mol. The third-order valence-electron chi connectivity index (χ3n) is 4.66. The molecule has 1 unspecified atom stereocenters. The fourth-order valence-electron chi connectivity index (χ4n) is 3.24. The summed E-state index contributed by atoms with van der Waals surface area (Å²) in [7, 11) is -3.59. The molecule has 25 heavy (non-hydrogen) atoms. The van der Waals surface area contributed by atoms with Crippen LogP contribution in [0, 0.1) is 11.3 Å². The van der Waals surface area contributed by atoms with E-state index in [0.717, 1.165) is 19.4 Å². The van der Waals surface area contributed by atoms with Crippen LogP contribution in [0.2, 0.25) is 0 Å². The molecule has 6 nitrogen and oxygen atoms in total. The zero-order valence-corrected chi connectivity index (χ0v) is 15.8. The van der Waals surface area contributed by atoms with Crippen molar-refractivity contribution in [2.45, 2.75) is 38.5 Å². The minimum Gasteiger partial charge on any atom is -0.355 e. The summed E-state index contributed by atoms with van der Waals surface area (Å²) in [5.41, 5.74) is 0.276. The van der Waals surface area contributed by atoms with Crippen molar-refractivity contribution in [3.8, 4) is 0 Å². The average Bonchev–Trinajstić information content (AvgIpc) is 2.84. The van der Waals surface area contributed by atoms with Crippen LogP contribution in [0.25, 0.3) is 0 Å². The van der Waals surface area contributed by atoms with Crippen molar-refractivity contribution in [1.82, 2.24) is 10.2 Å². The number of sulfonamides is 1. The lowest BCUT2D eigenvalue weighted by molar-refractivity contribution is -0.128. The van der Waals surface area contributed by atoms with E-state index >= 15 is 0 Å². The molecule has 3 rings (SSSR count). The number of nitrogens with zero attached hydrogens (tertiary/aromatic N) is 2. The van der Waals surface area contributed by atoms with Crippen LogP contribution >= 0.6 is 0 Å². The minimum atomic E-state index is -3.59. The number of rotatable bonds is 2. The smallest absolute Gasteiger partial charge is 0.285 e. The Balaban J connectivity index is 1.72. The second-order valence-electron chi connectivity index (χ2n) is 7.80. The van der Waals surface area contributed by atoms with Gasteiger partial charge in [0.05, 0.1) is 0 Å². The molecule has 1 N–H and O–H groups in total. The quantitative estimate of drug-likeness (QED) is 0.872. The Morgan fingerprint density at radius 2 is 2.04 bits per heavy atom. The summed E-state index contributed by atoms with van der Waals surface area (Å²) in [4.78, 5) is 14.4. The molecule has 1 fully saturated rings. The molecule has 2 aliphatic rings. The lowest BCUT2D eigenvalue weighted by atomic mass is 9.93. The zero-order valence-electron chi connectivity index (χ0n) is 14.9. The van der Waals surface area contributed by atoms with Crippen LogP contribution < -0.4 is 5.32 Å². The number of carbonyl (C=O) groups excluding carboxylic acids is 1. The van der Waals surface area contributed by atoms with E-state index in [9.17, 15) is 13.2 Å². The number of hydrogen-bond acceptors (Lipinski definition) is 4. The summed E-state index contributed by atoms with van der Waals surface area (Å²) < 4.78 is 28.5. The molecular formula is C18H25N3O3S. The van der Waals surface area contributed by atoms with Crippen LogP contribution in [0.15, 0.2) is 33.6 Å². The summed E-state index contributed by atoms with van der Waals surface area (Å²) in [6.45, 7) is 7.77. The first-order valence-electron chi connectivity index (χ1n) is 8.66. The summed E-state index contributed by atoms with van der Waals surface area (Å²) in [6.07, 6.45) is 1.97. The summed E-state index contributed by atoms with van der Waals surface area (Å²) in [5, 5.41) is 3.02. The Morgan fingerprint density at radius 1 is 1.32 bits per heavy atom. The molecule has 136 valence electrons. The molecule has 0 saturated carbocycles. The van der Waals surface area contributed by atoms with Crippen LogP contribution in [0.1, 0.15) is 39.2 Å². The van der Waals surface area contributed by atoms with E-state index < -0.39 is 15.4 Å². The van der Waals surface area contributed by atoms with Crippen molar-refractivity contribution in [1.29, 1.82) is 0 Å². The predicted octanol–water partition coefficient (Wildman–Crippen LogP) is 2.01. The van der Waals surface area contributed by atoms with Crippen molar-refractivity contribution in [3.05, 3.63) is 29.8 Å². The number of amidine groups is 1. The first-order valence-corrected chi connectivity index (χ1v) is 10.1. The largest absolute Gasteiger partial charge is 0.355 e. The van der Waals surface area contributed by atoms with Gasteiger partial charge in [-0.2, -0.15) is 8.42 Å². The molecule has 0 bridgehead atoms. The Bertz CT molecular complexity index is 809. The standard InChI is InChI=1S/C18H25N3O3S/c1-18(2,3)17(22)19-11-13-7-6-10-21(12-13)16-14-8-4-5-9-15(14)25(23,24)20-16/h4-5,8-9,13H,6-7,10-12H2,1-3H3,(H,19,22). The fourth-order valence-corrected chi connectivity index (χ4v) is 4.47. The van der Waals surface area contributed by atoms with E-state index in [1.807, 2.05) is 37.8 Å². The summed E-state index contributed by atoms with van der Waals surface area (Å²) in [6, 6.07) is 6.96. The van der Waals surface area contributed by atoms with E-state index in [4.69, 9.17) is 0 Å². The normalized spacial score (nSPS) is 22.3. The number of piperidine rings is 1. The van der Waals surface area contributed by atoms with E-state index in [2.05, 4.69) is 9.71 Å². The fraction of sp³-hybridized carbons (Fsp3) is 0.556. The highest BCUT2D eigenvalue weighted by molar-refractivity contribution is 7.90. The van der Waals surface area contributed by atoms with Crippen molar-refractivity contribution >= 4 is 21.8 Å². The van der Waals surface area contributed by atoms with Gasteiger partial charge in [-0.15, -0.1) is 4.40 Å². The third kappa shape index (κ3) is 3.71. The maximum absolute atomic E-state index is 12.2. The number of carbonyl (C=O) groups is 1. The monoisotopic (exact) mass is 363 g/mol. The van der Waals surface area contributed by atoms with Gasteiger partial charge in [-0.05, 0) is 30.9 Å². The number of likely N-dealkylation sites (tertiary alicyclic amines) is 1. The molecule has 0 aromatic heterocycles. The van der Waals surface area contributed by atoms with E-state index in [1.54, 1.807) is 12.1 Å². The van der Waals surface area contributed by atoms with Gasteiger partial charge in [-0.3, -0.25) is 4.79 Å². The van der Waals surface area contributed by atoms with Gasteiger partial charge in [-0.1, -0.05) is 32.9 Å². The van der Waals surface area contributed by atoms with Gasteiger partial charge in [0.25, 0.3) is 10.0 Å². The van der Waals surface area contributed by atoms with Gasteiger partial charge >= 0.3 is 0 Å². The molecule has 1 atom stereocenters. The lowest BCUT2D eigenvalue weighted by Gasteiger charge is -2.34. The highest BCUT2D eigenvalue weighted by Gasteiger charge is 2.33. The number of amides is 1. The molecule has 1 aromatic rings. The zero-order chi connectivity index (χ0) is 18.2. The molecule has 0 spiro atoms. The minimum absolute atomic E-state index is 0.0377. The second-order valence-corrected chi connectivity index (χ2v) is 9.37. The molecule has 1 amide bonds. The molecule has 2 aliphatic heterocycles. The van der Waals surface area contributed by atoms with E-state index in [1.165, 1.54) is 0 Å². The highest BCUT2D eigenvalue weighted by atomic mass is 32.2. The van der Waals surface area contributed by atoms with Crippen molar-refractivity contribution < 1.29 is 13.2 Å². The van der Waals surface area contributed by atoms with E-state index in [-0.39, 0.29) is 10.8 Å². The maximum Gasteiger partial charge on any atom is 0.285 e. The number of fused-ring (bicyclic) bond motifs is 1. The summed E-state index contributed by atoms with van der Waals surface area (Å²) in [5.74, 6) is 0.872. The van der Waals surface area contributed by atoms with Crippen molar-refractivity contribution in [2.75, 3.05) is 19.6 Å². The van der Waals surface area contributed by atoms with Gasteiger partial charge in [0, 0.05) is 30.6 Å². The summed E-state index contributed by atoms with van der Waals surface area (Å²) >= 11 is 0. The first-order chi connectivity index (χ1) is 11.7. The number of benzene rings is 1. The SMILES string of the molecule is CC(C)(C)C(=O)NCC1CCCN(C2=NS(=O)(=O)c3ccccc32)C1. The highest BCUT2D eigenvalue weighted by Crippen LogP contribution is 2.29. The molecule has 1 aromatic carbocycles. The third-order valence-corrected chi connectivity index (χ3v) is 5.99. The molecule has 0 aliphatic carbocycles. The average molecular weight is 363 g/mol. The second kappa shape index (κ2) is 6.44. The Labute approximate surface area is 149 Å². The van der Waals surface area contributed by atoms with Crippen LogP contribution in [0.3, 0.4) is 0 Å². The van der Waals surface area contributed by atoms with Gasteiger partial charge in [0.15, 0.2) is 5.84 Å². The van der Waals surface area contributed by atoms with Crippen LogP contribution in [-0.4, -0.2) is 44.7 Å². The molecule has 0 radical (unpaired) electrons. The van der Waals surface area contributed by atoms with Crippen LogP contribution in [-0.2, 0) is 14.8 Å². The molecular weight excluding hydrogens is 338 g/mol. The molecule has 2 heterocycles. The number of nitrogens with one attached hydrogen (secondary N) is 1. The number of hydrogen-bond donors (Lipinski definition) is 1. The van der Waals surface area contributed by atoms with Crippen molar-refractivity contribution in [2.24, 2.45) is 15.7 Å². The van der Waals surface area contributed by atoms with Gasteiger partial charge in [0.1, 0.15) is 4.90 Å². The van der Waals surface area contributed by atoms with Gasteiger partial charge in [0.2, 0.25) is 5.91 Å². The Kier molecular flexibility index (Phi) is 4.62. The lowest BCUT2D eigenvalue weighted by Crippen LogP contribution is -2.45. The van der Waals surface area contributed by atoms with Gasteiger partial charge in [-0.25, -0.2) is 0 Å². The molecule has 7 heteroatoms. The van der Waals surface area contributed by atoms with Crippen molar-refractivity contribution in [3.63, 3.8) is 0 Å². The van der Waals surface area contributed by atoms with E-state index in [0.29, 0.717) is 30.4 Å². The Hall–Kier alpha value is -1.89. The van der Waals surface area contributed by atoms with Crippen LogP contribution in [0.4, 0.5) is 0 Å².